The molecule has 0 aromatic heterocycles. The number of benzene rings is 2. The Labute approximate surface area is 176 Å². The molecule has 3 rings (SSSR count). The van der Waals surface area contributed by atoms with Gasteiger partial charge in [0.15, 0.2) is 0 Å². The fraction of sp³-hybridized carbons (Fsp3) is 0.111. The van der Waals surface area contributed by atoms with E-state index in [0.29, 0.717) is 12.1 Å². The molecule has 2 aromatic rings. The summed E-state index contributed by atoms with van der Waals surface area (Å²) in [4.78, 5) is 42.5. The lowest BCUT2D eigenvalue weighted by molar-refractivity contribution is -0.395. The van der Waals surface area contributed by atoms with Crippen molar-refractivity contribution in [2.24, 2.45) is 5.92 Å². The monoisotopic (exact) mass is 436 g/mol. The number of nitrogens with zero attached hydrogens (tertiary/aromatic N) is 6. The molecule has 0 fully saturated rings. The molecule has 0 atom stereocenters. The maximum Gasteiger partial charge on any atom is 0.285 e. The van der Waals surface area contributed by atoms with Gasteiger partial charge in [-0.3, -0.25) is 40.5 Å². The molecular formula is C18H8N6O8. The summed E-state index contributed by atoms with van der Waals surface area (Å²) < 4.78 is 0. The van der Waals surface area contributed by atoms with Crippen LogP contribution in [0.5, 0.6) is 0 Å². The summed E-state index contributed by atoms with van der Waals surface area (Å²) in [6, 6.07) is 5.42. The van der Waals surface area contributed by atoms with E-state index in [4.69, 9.17) is 10.5 Å². The van der Waals surface area contributed by atoms with E-state index >= 15 is 0 Å². The molecule has 0 heterocycles. The first kappa shape index (κ1) is 21.5. The van der Waals surface area contributed by atoms with Crippen LogP contribution >= 0.6 is 0 Å². The van der Waals surface area contributed by atoms with Crippen LogP contribution in [0.3, 0.4) is 0 Å². The van der Waals surface area contributed by atoms with Crippen LogP contribution in [0.25, 0.3) is 16.7 Å². The maximum absolute atomic E-state index is 11.7. The standard InChI is InChI=1S/C18H8N6O8/c1-8-11-3-10(21(25)26)4-14(23(29)30)17(11)18-15(24(31)32)5-13(22(27)28)12(16(8)18)2-9(6-19)7-20/h3-5,9H,1-2H2. The molecule has 14 heteroatoms. The zero-order chi connectivity index (χ0) is 23.9. The van der Waals surface area contributed by atoms with Crippen molar-refractivity contribution < 1.29 is 19.7 Å². The van der Waals surface area contributed by atoms with Crippen molar-refractivity contribution >= 4 is 28.3 Å². The Hall–Kier alpha value is -5.24. The van der Waals surface area contributed by atoms with E-state index < -0.39 is 54.8 Å². The average Bonchev–Trinajstić information content (AvgIpc) is 3.03. The molecule has 0 bridgehead atoms. The van der Waals surface area contributed by atoms with E-state index in [1.165, 1.54) is 0 Å². The van der Waals surface area contributed by atoms with Crippen molar-refractivity contribution in [2.75, 3.05) is 0 Å². The Morgan fingerprint density at radius 3 is 1.78 bits per heavy atom. The van der Waals surface area contributed by atoms with Gasteiger partial charge in [-0.05, 0) is 5.57 Å². The van der Waals surface area contributed by atoms with Gasteiger partial charge >= 0.3 is 0 Å². The summed E-state index contributed by atoms with van der Waals surface area (Å²) in [7, 11) is 0. The highest BCUT2D eigenvalue weighted by atomic mass is 16.6. The molecule has 0 saturated heterocycles. The van der Waals surface area contributed by atoms with Gasteiger partial charge in [0, 0.05) is 29.2 Å². The van der Waals surface area contributed by atoms with Gasteiger partial charge in [-0.2, -0.15) is 10.5 Å². The molecule has 2 aromatic carbocycles. The number of nitriles is 2. The minimum absolute atomic E-state index is 0.168. The number of hydrogen-bond donors (Lipinski definition) is 0. The number of nitro benzene ring substituents is 4. The second-order valence-corrected chi connectivity index (χ2v) is 6.55. The molecule has 14 nitrogen and oxygen atoms in total. The zero-order valence-corrected chi connectivity index (χ0v) is 15.7. The number of non-ortho nitro benzene ring substituents is 1. The predicted molar refractivity (Wildman–Crippen MR) is 105 cm³/mol. The number of nitro groups is 4. The Morgan fingerprint density at radius 1 is 0.781 bits per heavy atom. The molecule has 0 amide bonds. The largest absolute Gasteiger partial charge is 0.285 e. The van der Waals surface area contributed by atoms with Crippen LogP contribution in [0.1, 0.15) is 16.7 Å². The maximum atomic E-state index is 11.7. The highest BCUT2D eigenvalue weighted by Crippen LogP contribution is 2.55. The van der Waals surface area contributed by atoms with Crippen LogP contribution in [0.2, 0.25) is 0 Å². The van der Waals surface area contributed by atoms with Crippen molar-refractivity contribution in [1.82, 2.24) is 0 Å². The minimum atomic E-state index is -1.37. The van der Waals surface area contributed by atoms with Gasteiger partial charge in [-0.1, -0.05) is 6.58 Å². The van der Waals surface area contributed by atoms with E-state index in [1.54, 1.807) is 12.1 Å². The highest BCUT2D eigenvalue weighted by molar-refractivity contribution is 6.09. The molecule has 0 N–H and O–H groups in total. The minimum Gasteiger partial charge on any atom is -0.258 e. The molecule has 0 saturated carbocycles. The Bertz CT molecular complexity index is 1350. The lowest BCUT2D eigenvalue weighted by Crippen LogP contribution is -2.07. The molecule has 0 unspecified atom stereocenters. The van der Waals surface area contributed by atoms with E-state index in [-0.39, 0.29) is 33.4 Å². The summed E-state index contributed by atoms with van der Waals surface area (Å²) in [5.41, 5.74) is -4.73. The van der Waals surface area contributed by atoms with Gasteiger partial charge in [0.25, 0.3) is 22.7 Å². The number of fused-ring (bicyclic) bond motifs is 3. The van der Waals surface area contributed by atoms with E-state index in [9.17, 15) is 40.5 Å². The van der Waals surface area contributed by atoms with E-state index in [2.05, 4.69) is 6.58 Å². The quantitative estimate of drug-likeness (QED) is 0.403. The van der Waals surface area contributed by atoms with Crippen LogP contribution in [-0.2, 0) is 6.42 Å². The normalized spacial score (nSPS) is 11.3. The number of hydrogen-bond acceptors (Lipinski definition) is 10. The van der Waals surface area contributed by atoms with Gasteiger partial charge < -0.3 is 0 Å². The molecule has 0 spiro atoms. The molecule has 32 heavy (non-hydrogen) atoms. The molecule has 0 radical (unpaired) electrons. The van der Waals surface area contributed by atoms with Crippen LogP contribution in [0.4, 0.5) is 22.7 Å². The van der Waals surface area contributed by atoms with Crippen LogP contribution in [0, 0.1) is 69.0 Å². The molecule has 1 aliphatic rings. The summed E-state index contributed by atoms with van der Waals surface area (Å²) in [6.45, 7) is 3.70. The highest BCUT2D eigenvalue weighted by Gasteiger charge is 2.42. The van der Waals surface area contributed by atoms with Crippen LogP contribution in [0.15, 0.2) is 24.8 Å². The molecule has 158 valence electrons. The smallest absolute Gasteiger partial charge is 0.258 e. The molecule has 1 aliphatic carbocycles. The SMILES string of the molecule is C=C1c2cc([N+](=O)[O-])cc([N+](=O)[O-])c2-c2c([N+](=O)[O-])cc([N+](=O)[O-])c(CC(C#N)C#N)c21. The van der Waals surface area contributed by atoms with Gasteiger partial charge in [0.1, 0.15) is 5.92 Å². The average molecular weight is 436 g/mol. The van der Waals surface area contributed by atoms with Gasteiger partial charge in [-0.25, -0.2) is 0 Å². The Kier molecular flexibility index (Phi) is 5.06. The van der Waals surface area contributed by atoms with Crippen molar-refractivity contribution in [1.29, 1.82) is 10.5 Å². The Balaban J connectivity index is 2.54. The lowest BCUT2D eigenvalue weighted by atomic mass is 9.90. The van der Waals surface area contributed by atoms with Crippen LogP contribution in [-0.4, -0.2) is 19.7 Å². The van der Waals surface area contributed by atoms with Crippen molar-refractivity contribution in [3.05, 3.63) is 81.9 Å². The van der Waals surface area contributed by atoms with E-state index in [0.717, 1.165) is 6.07 Å². The van der Waals surface area contributed by atoms with Gasteiger partial charge in [0.05, 0.1) is 55.1 Å². The Morgan fingerprint density at radius 2 is 1.31 bits per heavy atom. The summed E-state index contributed by atoms with van der Waals surface area (Å²) in [5, 5.41) is 64.5. The topological polar surface area (TPSA) is 220 Å². The summed E-state index contributed by atoms with van der Waals surface area (Å²) >= 11 is 0. The lowest BCUT2D eigenvalue weighted by Gasteiger charge is -2.11. The number of rotatable bonds is 6. The van der Waals surface area contributed by atoms with Crippen LogP contribution < -0.4 is 0 Å². The summed E-state index contributed by atoms with van der Waals surface area (Å²) in [6.07, 6.45) is -0.521. The fourth-order valence-corrected chi connectivity index (χ4v) is 3.62. The first-order valence-electron chi connectivity index (χ1n) is 8.48. The van der Waals surface area contributed by atoms with Gasteiger partial charge in [-0.15, -0.1) is 0 Å². The second-order valence-electron chi connectivity index (χ2n) is 6.55. The van der Waals surface area contributed by atoms with Crippen molar-refractivity contribution in [2.45, 2.75) is 6.42 Å². The van der Waals surface area contributed by atoms with Gasteiger partial charge in [0.2, 0.25) is 0 Å². The first-order valence-corrected chi connectivity index (χ1v) is 8.48. The zero-order valence-electron chi connectivity index (χ0n) is 15.7. The predicted octanol–water partition coefficient (Wildman–Crippen LogP) is 3.57. The third-order valence-electron chi connectivity index (χ3n) is 4.89. The van der Waals surface area contributed by atoms with Crippen molar-refractivity contribution in [3.8, 4) is 23.3 Å². The third kappa shape index (κ3) is 3.14. The molecule has 0 aliphatic heterocycles. The second kappa shape index (κ2) is 7.54. The molecular weight excluding hydrogens is 428 g/mol. The third-order valence-corrected chi connectivity index (χ3v) is 4.89. The summed E-state index contributed by atoms with van der Waals surface area (Å²) in [5.74, 6) is -1.37. The first-order chi connectivity index (χ1) is 15.0. The van der Waals surface area contributed by atoms with E-state index in [1.807, 2.05) is 0 Å². The fourth-order valence-electron chi connectivity index (χ4n) is 3.62. The van der Waals surface area contributed by atoms with Crippen molar-refractivity contribution in [3.63, 3.8) is 0 Å².